The molecule has 0 spiro atoms. The molecule has 1 aromatic rings. The third-order valence-corrected chi connectivity index (χ3v) is 1.06. The first-order chi connectivity index (χ1) is 5.04. The molecule has 0 aliphatic carbocycles. The van der Waals surface area contributed by atoms with E-state index >= 15 is 0 Å². The van der Waals surface area contributed by atoms with Crippen LogP contribution in [0, 0.1) is 29.1 Å². The number of halogens is 5. The normalized spacial score (nSPS) is 9.42. The van der Waals surface area contributed by atoms with Gasteiger partial charge in [0.05, 0.1) is 0 Å². The molecular formula is C6HCuF5. The molecular weight excluding hydrogens is 231 g/mol. The quantitative estimate of drug-likeness (QED) is 0.278. The average Bonchev–Trinajstić information content (AvgIpc) is 1.97. The Morgan fingerprint density at radius 3 is 1.33 bits per heavy atom. The van der Waals surface area contributed by atoms with Crippen LogP contribution in [0.4, 0.5) is 22.0 Å². The fourth-order valence-electron chi connectivity index (χ4n) is 0.544. The van der Waals surface area contributed by atoms with Crippen molar-refractivity contribution in [3.63, 3.8) is 0 Å². The Morgan fingerprint density at radius 2 is 1.00 bits per heavy atom. The maximum atomic E-state index is 12.0. The second kappa shape index (κ2) is 3.87. The summed E-state index contributed by atoms with van der Waals surface area (Å²) in [4.78, 5) is 0. The summed E-state index contributed by atoms with van der Waals surface area (Å²) in [6, 6.07) is -0.0618. The number of hydrogen-bond donors (Lipinski definition) is 0. The monoisotopic (exact) mass is 231 g/mol. The first-order valence-electron chi connectivity index (χ1n) is 2.52. The molecule has 0 aliphatic rings. The predicted molar refractivity (Wildman–Crippen MR) is 26.2 cm³/mol. The van der Waals surface area contributed by atoms with E-state index in [1.165, 1.54) is 0 Å². The minimum absolute atomic E-state index is 0. The molecule has 0 unspecified atom stereocenters. The van der Waals surface area contributed by atoms with Crippen molar-refractivity contribution in [1.29, 1.82) is 0 Å². The van der Waals surface area contributed by atoms with Crippen molar-refractivity contribution in [3.05, 3.63) is 35.2 Å². The summed E-state index contributed by atoms with van der Waals surface area (Å²) in [5, 5.41) is 0. The van der Waals surface area contributed by atoms with Gasteiger partial charge in [0.15, 0.2) is 23.3 Å². The summed E-state index contributed by atoms with van der Waals surface area (Å²) >= 11 is 0. The second-order valence-electron chi connectivity index (χ2n) is 1.78. The molecule has 0 atom stereocenters. The van der Waals surface area contributed by atoms with Crippen LogP contribution in [-0.4, -0.2) is 0 Å². The van der Waals surface area contributed by atoms with Crippen molar-refractivity contribution in [2.24, 2.45) is 0 Å². The maximum absolute atomic E-state index is 12.0. The van der Waals surface area contributed by atoms with Gasteiger partial charge in [-0.3, -0.25) is 0 Å². The first kappa shape index (κ1) is 11.4. The standard InChI is InChI=1S/C6HF5.Cu/c7-2-1-3(8)5(10)6(11)4(2)9;/h1H;. The SMILES string of the molecule is Fc1cc(F)c(F)c(F)c1F.[Cu]. The Balaban J connectivity index is 0.00000121. The van der Waals surface area contributed by atoms with Crippen molar-refractivity contribution >= 4 is 0 Å². The molecule has 1 radical (unpaired) electrons. The molecule has 0 bridgehead atoms. The largest absolute Gasteiger partial charge is 0.204 e. The smallest absolute Gasteiger partial charge is 0.200 e. The van der Waals surface area contributed by atoms with Gasteiger partial charge >= 0.3 is 0 Å². The van der Waals surface area contributed by atoms with Crippen LogP contribution < -0.4 is 0 Å². The van der Waals surface area contributed by atoms with Crippen LogP contribution >= 0.6 is 0 Å². The van der Waals surface area contributed by atoms with Crippen molar-refractivity contribution < 1.29 is 39.0 Å². The van der Waals surface area contributed by atoms with Crippen LogP contribution in [0.2, 0.25) is 0 Å². The summed E-state index contributed by atoms with van der Waals surface area (Å²) in [7, 11) is 0. The van der Waals surface area contributed by atoms with Gasteiger partial charge < -0.3 is 0 Å². The zero-order valence-electron chi connectivity index (χ0n) is 5.27. The summed E-state index contributed by atoms with van der Waals surface area (Å²) in [6.45, 7) is 0. The van der Waals surface area contributed by atoms with Crippen molar-refractivity contribution in [2.75, 3.05) is 0 Å². The van der Waals surface area contributed by atoms with Crippen LogP contribution in [0.5, 0.6) is 0 Å². The van der Waals surface area contributed by atoms with E-state index < -0.39 is 29.1 Å². The molecule has 1 rings (SSSR count). The summed E-state index contributed by atoms with van der Waals surface area (Å²) < 4.78 is 60.0. The molecule has 0 heterocycles. The number of rotatable bonds is 0. The van der Waals surface area contributed by atoms with Gasteiger partial charge in [-0.25, -0.2) is 22.0 Å². The molecule has 6 heteroatoms. The molecule has 0 N–H and O–H groups in total. The Bertz CT molecular complexity index is 272. The molecule has 0 aliphatic heterocycles. The van der Waals surface area contributed by atoms with Gasteiger partial charge in [-0.1, -0.05) is 0 Å². The van der Waals surface area contributed by atoms with E-state index in [0.29, 0.717) is 0 Å². The molecule has 0 amide bonds. The topological polar surface area (TPSA) is 0 Å². The van der Waals surface area contributed by atoms with Crippen LogP contribution in [-0.2, 0) is 17.1 Å². The molecule has 0 saturated heterocycles. The van der Waals surface area contributed by atoms with Crippen molar-refractivity contribution in [1.82, 2.24) is 0 Å². The zero-order chi connectivity index (χ0) is 8.59. The number of hydrogen-bond acceptors (Lipinski definition) is 0. The molecule has 71 valence electrons. The third kappa shape index (κ3) is 1.76. The van der Waals surface area contributed by atoms with Gasteiger partial charge in [-0.15, -0.1) is 0 Å². The van der Waals surface area contributed by atoms with Gasteiger partial charge in [0.25, 0.3) is 0 Å². The summed E-state index contributed by atoms with van der Waals surface area (Å²) in [5.74, 6) is -9.65. The fourth-order valence-corrected chi connectivity index (χ4v) is 0.544. The van der Waals surface area contributed by atoms with E-state index in [1.807, 2.05) is 0 Å². The predicted octanol–water partition coefficient (Wildman–Crippen LogP) is 2.38. The molecule has 0 aromatic heterocycles. The van der Waals surface area contributed by atoms with Crippen LogP contribution in [0.3, 0.4) is 0 Å². The molecule has 12 heavy (non-hydrogen) atoms. The molecule has 0 fully saturated rings. The maximum Gasteiger partial charge on any atom is 0.200 e. The summed E-state index contributed by atoms with van der Waals surface area (Å²) in [5.41, 5.74) is 0. The Hall–Kier alpha value is -0.611. The Labute approximate surface area is 74.9 Å². The van der Waals surface area contributed by atoms with E-state index in [1.54, 1.807) is 0 Å². The van der Waals surface area contributed by atoms with Crippen LogP contribution in [0.15, 0.2) is 6.07 Å². The molecule has 0 saturated carbocycles. The van der Waals surface area contributed by atoms with Gasteiger partial charge in [0.1, 0.15) is 0 Å². The first-order valence-corrected chi connectivity index (χ1v) is 2.52. The third-order valence-electron chi connectivity index (χ3n) is 1.06. The van der Waals surface area contributed by atoms with Crippen molar-refractivity contribution in [2.45, 2.75) is 0 Å². The van der Waals surface area contributed by atoms with Gasteiger partial charge in [-0.2, -0.15) is 0 Å². The second-order valence-corrected chi connectivity index (χ2v) is 1.78. The Morgan fingerprint density at radius 1 is 0.667 bits per heavy atom. The molecule has 0 nitrogen and oxygen atoms in total. The zero-order valence-corrected chi connectivity index (χ0v) is 6.21. The average molecular weight is 232 g/mol. The summed E-state index contributed by atoms with van der Waals surface area (Å²) in [6.07, 6.45) is 0. The van der Waals surface area contributed by atoms with Gasteiger partial charge in [0, 0.05) is 23.1 Å². The van der Waals surface area contributed by atoms with E-state index in [4.69, 9.17) is 0 Å². The van der Waals surface area contributed by atoms with Gasteiger partial charge in [0.2, 0.25) is 5.82 Å². The van der Waals surface area contributed by atoms with Gasteiger partial charge in [-0.05, 0) is 0 Å². The fraction of sp³-hybridized carbons (Fsp3) is 0. The van der Waals surface area contributed by atoms with E-state index in [2.05, 4.69) is 0 Å². The molecule has 1 aromatic carbocycles. The number of benzene rings is 1. The van der Waals surface area contributed by atoms with E-state index in [-0.39, 0.29) is 23.1 Å². The Kier molecular flexibility index (Phi) is 3.67. The minimum atomic E-state index is -2.14. The van der Waals surface area contributed by atoms with Crippen LogP contribution in [0.1, 0.15) is 0 Å². The van der Waals surface area contributed by atoms with Crippen molar-refractivity contribution in [3.8, 4) is 0 Å². The van der Waals surface area contributed by atoms with E-state index in [0.717, 1.165) is 0 Å². The minimum Gasteiger partial charge on any atom is -0.204 e. The van der Waals surface area contributed by atoms with E-state index in [9.17, 15) is 22.0 Å². The van der Waals surface area contributed by atoms with Crippen LogP contribution in [0.25, 0.3) is 0 Å².